The second-order valence-corrected chi connectivity index (χ2v) is 7.84. The fourth-order valence-electron chi connectivity index (χ4n) is 3.31. The summed E-state index contributed by atoms with van der Waals surface area (Å²) in [5, 5.41) is 6.60. The molecule has 152 valence electrons. The van der Waals surface area contributed by atoms with Crippen molar-refractivity contribution in [1.29, 1.82) is 0 Å². The molecule has 1 amide bonds. The Bertz CT molecular complexity index is 800. The first-order valence-electron chi connectivity index (χ1n) is 9.86. The number of carbonyl (C=O) groups excluding carboxylic acids is 1. The highest BCUT2D eigenvalue weighted by molar-refractivity contribution is 5.99. The van der Waals surface area contributed by atoms with Crippen LogP contribution < -0.4 is 15.4 Å². The van der Waals surface area contributed by atoms with Gasteiger partial charge in [-0.1, -0.05) is 30.7 Å². The monoisotopic (exact) mass is 383 g/mol. The first-order chi connectivity index (χ1) is 13.3. The molecule has 0 heterocycles. The van der Waals surface area contributed by atoms with Crippen molar-refractivity contribution in [1.82, 2.24) is 10.6 Å². The van der Waals surface area contributed by atoms with Crippen LogP contribution in [0.4, 0.5) is 0 Å². The molecule has 5 heteroatoms. The molecule has 0 aliphatic heterocycles. The van der Waals surface area contributed by atoms with E-state index in [9.17, 15) is 4.79 Å². The molecule has 0 radical (unpaired) electrons. The van der Waals surface area contributed by atoms with E-state index >= 15 is 0 Å². The summed E-state index contributed by atoms with van der Waals surface area (Å²) < 4.78 is 5.44. The fraction of sp³-hybridized carbons (Fsp3) is 0.478. The maximum absolute atomic E-state index is 13.2. The van der Waals surface area contributed by atoms with Crippen LogP contribution in [-0.4, -0.2) is 25.3 Å². The van der Waals surface area contributed by atoms with Crippen molar-refractivity contribution in [2.24, 2.45) is 4.99 Å². The molecule has 2 N–H and O–H groups in total. The average molecular weight is 384 g/mol. The van der Waals surface area contributed by atoms with Crippen LogP contribution in [0, 0.1) is 0 Å². The van der Waals surface area contributed by atoms with Gasteiger partial charge >= 0.3 is 0 Å². The minimum Gasteiger partial charge on any atom is -0.496 e. The molecule has 1 aromatic rings. The average Bonchev–Trinajstić information content (AvgIpc) is 3.40. The van der Waals surface area contributed by atoms with E-state index in [0.29, 0.717) is 17.8 Å². The van der Waals surface area contributed by atoms with Gasteiger partial charge in [-0.25, -0.2) is 4.99 Å². The van der Waals surface area contributed by atoms with Gasteiger partial charge < -0.3 is 15.4 Å². The van der Waals surface area contributed by atoms with E-state index in [2.05, 4.69) is 29.3 Å². The van der Waals surface area contributed by atoms with Crippen LogP contribution >= 0.6 is 0 Å². The van der Waals surface area contributed by atoms with E-state index in [4.69, 9.17) is 4.74 Å². The molecule has 1 unspecified atom stereocenters. The molecule has 1 aromatic carbocycles. The summed E-state index contributed by atoms with van der Waals surface area (Å²) in [6, 6.07) is 7.54. The maximum atomic E-state index is 13.2. The summed E-state index contributed by atoms with van der Waals surface area (Å²) >= 11 is 0. The minimum atomic E-state index is -0.190. The molecule has 0 aromatic heterocycles. The van der Waals surface area contributed by atoms with Crippen molar-refractivity contribution in [2.45, 2.75) is 65.5 Å². The van der Waals surface area contributed by atoms with Crippen molar-refractivity contribution in [3.63, 3.8) is 0 Å². The van der Waals surface area contributed by atoms with Crippen molar-refractivity contribution in [3.8, 4) is 5.75 Å². The topological polar surface area (TPSA) is 62.7 Å². The van der Waals surface area contributed by atoms with E-state index < -0.39 is 0 Å². The molecule has 0 bridgehead atoms. The predicted molar refractivity (Wildman–Crippen MR) is 116 cm³/mol. The quantitative estimate of drug-likeness (QED) is 0.370. The highest BCUT2D eigenvalue weighted by Crippen LogP contribution is 2.37. The summed E-state index contributed by atoms with van der Waals surface area (Å²) in [6.07, 6.45) is 2.89. The van der Waals surface area contributed by atoms with Crippen molar-refractivity contribution in [2.75, 3.05) is 7.11 Å². The lowest BCUT2D eigenvalue weighted by Gasteiger charge is -2.22. The first-order valence-corrected chi connectivity index (χ1v) is 9.86. The lowest BCUT2D eigenvalue weighted by molar-refractivity contribution is -0.118. The molecule has 0 spiro atoms. The van der Waals surface area contributed by atoms with Crippen LogP contribution in [0.3, 0.4) is 0 Å². The second kappa shape index (κ2) is 9.09. The molecule has 0 saturated heterocycles. The standard InChI is InChI=1S/C23H33N3O2/c1-8-17(21(24-6)26-23(5)13-14-23)20(15(2)3)22(27)25-16(4)18-11-9-10-12-19(18)28-7/h9-12,16,26H,6,8,13-14H2,1-5,7H3,(H,25,27)/b21-17-. The number of allylic oxidation sites excluding steroid dienone is 1. The largest absolute Gasteiger partial charge is 0.496 e. The second-order valence-electron chi connectivity index (χ2n) is 7.84. The number of methoxy groups -OCH3 is 1. The number of carbonyl (C=O) groups is 1. The lowest BCUT2D eigenvalue weighted by atomic mass is 9.97. The number of para-hydroxylation sites is 1. The Balaban J connectivity index is 2.33. The van der Waals surface area contributed by atoms with E-state index in [1.807, 2.05) is 52.0 Å². The smallest absolute Gasteiger partial charge is 0.252 e. The summed E-state index contributed by atoms with van der Waals surface area (Å²) in [4.78, 5) is 17.5. The number of nitrogens with one attached hydrogen (secondary N) is 2. The van der Waals surface area contributed by atoms with Crippen LogP contribution in [0.5, 0.6) is 5.75 Å². The summed E-state index contributed by atoms with van der Waals surface area (Å²) in [5.41, 5.74) is 3.52. The number of aliphatic imine (C=N–C) groups is 1. The van der Waals surface area contributed by atoms with Gasteiger partial charge in [0.05, 0.1) is 13.2 Å². The molecule has 28 heavy (non-hydrogen) atoms. The molecule has 2 rings (SSSR count). The third-order valence-corrected chi connectivity index (χ3v) is 5.20. The Labute approximate surface area is 169 Å². The Morgan fingerprint density at radius 3 is 2.46 bits per heavy atom. The van der Waals surface area contributed by atoms with Gasteiger partial charge in [-0.05, 0) is 59.7 Å². The molecule has 1 saturated carbocycles. The number of nitrogens with zero attached hydrogens (tertiary/aromatic N) is 1. The van der Waals surface area contributed by atoms with Gasteiger partial charge in [0.25, 0.3) is 5.91 Å². The van der Waals surface area contributed by atoms with E-state index in [1.165, 1.54) is 0 Å². The van der Waals surface area contributed by atoms with Gasteiger partial charge in [-0.2, -0.15) is 0 Å². The predicted octanol–water partition coefficient (Wildman–Crippen LogP) is 4.67. The van der Waals surface area contributed by atoms with Gasteiger partial charge in [0.1, 0.15) is 11.6 Å². The number of hydrogen-bond donors (Lipinski definition) is 2. The fourth-order valence-corrected chi connectivity index (χ4v) is 3.31. The Morgan fingerprint density at radius 2 is 1.96 bits per heavy atom. The van der Waals surface area contributed by atoms with E-state index in [1.54, 1.807) is 7.11 Å². The number of rotatable bonds is 9. The van der Waals surface area contributed by atoms with Crippen LogP contribution in [0.1, 0.15) is 65.5 Å². The van der Waals surface area contributed by atoms with E-state index in [-0.39, 0.29) is 17.5 Å². The Hall–Kier alpha value is -2.56. The van der Waals surface area contributed by atoms with Gasteiger partial charge in [0.15, 0.2) is 0 Å². The minimum absolute atomic E-state index is 0.0604. The first kappa shape index (κ1) is 21.7. The molecular weight excluding hydrogens is 350 g/mol. The van der Waals surface area contributed by atoms with E-state index in [0.717, 1.165) is 35.3 Å². The van der Waals surface area contributed by atoms with Crippen LogP contribution in [-0.2, 0) is 4.79 Å². The van der Waals surface area contributed by atoms with Gasteiger partial charge in [0, 0.05) is 22.2 Å². The Morgan fingerprint density at radius 1 is 1.32 bits per heavy atom. The zero-order chi connectivity index (χ0) is 20.9. The molecule has 1 aliphatic carbocycles. The zero-order valence-corrected chi connectivity index (χ0v) is 18.0. The SMILES string of the molecule is C=N/C(NC1(C)CC1)=C(\CC)C(C(=O)NC(C)c1ccccc1OC)=C(C)C. The van der Waals surface area contributed by atoms with Crippen molar-refractivity contribution in [3.05, 3.63) is 52.4 Å². The van der Waals surface area contributed by atoms with Crippen LogP contribution in [0.25, 0.3) is 0 Å². The highest BCUT2D eigenvalue weighted by atomic mass is 16.5. The van der Waals surface area contributed by atoms with Gasteiger partial charge in [-0.15, -0.1) is 0 Å². The number of ether oxygens (including phenoxy) is 1. The van der Waals surface area contributed by atoms with Crippen LogP contribution in [0.2, 0.25) is 0 Å². The molecule has 1 atom stereocenters. The van der Waals surface area contributed by atoms with Crippen LogP contribution in [0.15, 0.2) is 51.8 Å². The maximum Gasteiger partial charge on any atom is 0.252 e. The summed E-state index contributed by atoms with van der Waals surface area (Å²) in [6.45, 7) is 13.8. The summed E-state index contributed by atoms with van der Waals surface area (Å²) in [5.74, 6) is 1.36. The molecule has 1 aliphatic rings. The third kappa shape index (κ3) is 5.03. The lowest BCUT2D eigenvalue weighted by Crippen LogP contribution is -2.32. The van der Waals surface area contributed by atoms with Gasteiger partial charge in [-0.3, -0.25) is 4.79 Å². The van der Waals surface area contributed by atoms with Crippen molar-refractivity contribution >= 4 is 12.6 Å². The number of hydrogen-bond acceptors (Lipinski definition) is 4. The zero-order valence-electron chi connectivity index (χ0n) is 18.0. The normalized spacial score (nSPS) is 16.4. The molecular formula is C23H33N3O2. The highest BCUT2D eigenvalue weighted by Gasteiger charge is 2.38. The third-order valence-electron chi connectivity index (χ3n) is 5.20. The summed E-state index contributed by atoms with van der Waals surface area (Å²) in [7, 11) is 1.64. The number of benzene rings is 1. The number of amides is 1. The molecule has 5 nitrogen and oxygen atoms in total. The molecule has 1 fully saturated rings. The van der Waals surface area contributed by atoms with Gasteiger partial charge in [0.2, 0.25) is 0 Å². The Kier molecular flexibility index (Phi) is 7.05. The van der Waals surface area contributed by atoms with Crippen molar-refractivity contribution < 1.29 is 9.53 Å².